The topological polar surface area (TPSA) is 23.8 Å². The van der Waals surface area contributed by atoms with Crippen molar-refractivity contribution in [1.29, 1.82) is 5.26 Å². The first-order valence-electron chi connectivity index (χ1n) is 5.34. The Hall–Kier alpha value is -0.220. The largest absolute Gasteiger partial charge is 0.198 e. The highest BCUT2D eigenvalue weighted by Gasteiger charge is 2.25. The Morgan fingerprint density at radius 2 is 2.08 bits per heavy atom. The quantitative estimate of drug-likeness (QED) is 0.489. The average molecular weight is 200 g/mol. The van der Waals surface area contributed by atoms with Gasteiger partial charge in [0.25, 0.3) is 0 Å². The molecular weight excluding hydrogens is 182 g/mol. The van der Waals surface area contributed by atoms with E-state index in [1.807, 2.05) is 0 Å². The fourth-order valence-electron chi connectivity index (χ4n) is 2.23. The van der Waals surface area contributed by atoms with E-state index in [1.165, 1.54) is 32.1 Å². The molecule has 0 amide bonds. The molecular formula is C11H18ClN. The van der Waals surface area contributed by atoms with E-state index in [-0.39, 0.29) is 0 Å². The van der Waals surface area contributed by atoms with E-state index < -0.39 is 0 Å². The van der Waals surface area contributed by atoms with Crippen LogP contribution in [0.3, 0.4) is 0 Å². The van der Waals surface area contributed by atoms with Crippen LogP contribution in [-0.4, -0.2) is 5.88 Å². The van der Waals surface area contributed by atoms with E-state index in [2.05, 4.69) is 6.07 Å². The molecule has 0 aromatic rings. The van der Waals surface area contributed by atoms with Crippen LogP contribution in [0, 0.1) is 23.2 Å². The van der Waals surface area contributed by atoms with Crippen molar-refractivity contribution in [2.45, 2.75) is 44.9 Å². The van der Waals surface area contributed by atoms with E-state index >= 15 is 0 Å². The number of nitrogens with zero attached hydrogens (tertiary/aromatic N) is 1. The molecule has 0 bridgehead atoms. The highest BCUT2D eigenvalue weighted by atomic mass is 35.5. The number of rotatable bonds is 5. The van der Waals surface area contributed by atoms with Gasteiger partial charge in [-0.1, -0.05) is 19.3 Å². The Bertz CT molecular complexity index is 173. The van der Waals surface area contributed by atoms with Crippen LogP contribution in [0.15, 0.2) is 0 Å². The smallest absolute Gasteiger partial charge is 0.0658 e. The minimum absolute atomic E-state index is 0.357. The number of unbranched alkanes of at least 4 members (excludes halogenated alkanes) is 2. The molecule has 1 fully saturated rings. The second-order valence-electron chi connectivity index (χ2n) is 3.96. The van der Waals surface area contributed by atoms with Crippen LogP contribution in [0.5, 0.6) is 0 Å². The van der Waals surface area contributed by atoms with Gasteiger partial charge >= 0.3 is 0 Å². The summed E-state index contributed by atoms with van der Waals surface area (Å²) in [6.45, 7) is 0. The molecule has 0 heterocycles. The molecule has 2 atom stereocenters. The van der Waals surface area contributed by atoms with Crippen LogP contribution in [-0.2, 0) is 0 Å². The Morgan fingerprint density at radius 3 is 2.77 bits per heavy atom. The fraction of sp³-hybridized carbons (Fsp3) is 0.909. The molecule has 1 nitrogen and oxygen atoms in total. The second kappa shape index (κ2) is 6.27. The van der Waals surface area contributed by atoms with Gasteiger partial charge in [0.15, 0.2) is 0 Å². The predicted molar refractivity (Wildman–Crippen MR) is 55.6 cm³/mol. The van der Waals surface area contributed by atoms with Gasteiger partial charge in [-0.2, -0.15) is 5.26 Å². The van der Waals surface area contributed by atoms with Crippen molar-refractivity contribution in [2.75, 3.05) is 5.88 Å². The molecule has 74 valence electrons. The summed E-state index contributed by atoms with van der Waals surface area (Å²) < 4.78 is 0. The third-order valence-corrected chi connectivity index (χ3v) is 3.30. The molecule has 0 aromatic carbocycles. The van der Waals surface area contributed by atoms with Crippen molar-refractivity contribution < 1.29 is 0 Å². The lowest BCUT2D eigenvalue weighted by Gasteiger charge is -2.12. The van der Waals surface area contributed by atoms with Gasteiger partial charge in [0.1, 0.15) is 0 Å². The third kappa shape index (κ3) is 3.56. The van der Waals surface area contributed by atoms with Crippen LogP contribution in [0.4, 0.5) is 0 Å². The molecule has 2 heteroatoms. The van der Waals surface area contributed by atoms with Crippen LogP contribution >= 0.6 is 11.6 Å². The van der Waals surface area contributed by atoms with Crippen molar-refractivity contribution >= 4 is 11.6 Å². The first-order valence-corrected chi connectivity index (χ1v) is 5.87. The standard InChI is InChI=1S/C11H18ClN/c12-8-3-1-2-5-10-6-4-7-11(10)9-13/h10-11H,1-8H2. The molecule has 2 unspecified atom stereocenters. The van der Waals surface area contributed by atoms with Gasteiger partial charge in [-0.3, -0.25) is 0 Å². The molecule has 1 saturated carbocycles. The van der Waals surface area contributed by atoms with Crippen molar-refractivity contribution in [3.05, 3.63) is 0 Å². The van der Waals surface area contributed by atoms with Gasteiger partial charge in [-0.15, -0.1) is 11.6 Å². The Kier molecular flexibility index (Phi) is 5.23. The number of alkyl halides is 1. The third-order valence-electron chi connectivity index (χ3n) is 3.03. The van der Waals surface area contributed by atoms with Gasteiger partial charge in [-0.05, 0) is 31.6 Å². The van der Waals surface area contributed by atoms with Crippen LogP contribution in [0.25, 0.3) is 0 Å². The Balaban J connectivity index is 2.10. The predicted octanol–water partition coefficient (Wildman–Crippen LogP) is 3.73. The monoisotopic (exact) mass is 199 g/mol. The van der Waals surface area contributed by atoms with E-state index in [0.29, 0.717) is 11.8 Å². The Morgan fingerprint density at radius 1 is 1.23 bits per heavy atom. The maximum Gasteiger partial charge on any atom is 0.0658 e. The van der Waals surface area contributed by atoms with Crippen molar-refractivity contribution in [1.82, 2.24) is 0 Å². The zero-order chi connectivity index (χ0) is 9.52. The minimum atomic E-state index is 0.357. The molecule has 1 aliphatic rings. The summed E-state index contributed by atoms with van der Waals surface area (Å²) >= 11 is 5.60. The summed E-state index contributed by atoms with van der Waals surface area (Å²) in [7, 11) is 0. The van der Waals surface area contributed by atoms with Gasteiger partial charge in [0.2, 0.25) is 0 Å². The fourth-order valence-corrected chi connectivity index (χ4v) is 2.42. The summed E-state index contributed by atoms with van der Waals surface area (Å²) in [5, 5.41) is 8.87. The molecule has 13 heavy (non-hydrogen) atoms. The van der Waals surface area contributed by atoms with Gasteiger partial charge in [-0.25, -0.2) is 0 Å². The summed E-state index contributed by atoms with van der Waals surface area (Å²) in [5.74, 6) is 1.84. The molecule has 0 aromatic heterocycles. The van der Waals surface area contributed by atoms with Crippen molar-refractivity contribution in [3.8, 4) is 6.07 Å². The van der Waals surface area contributed by atoms with E-state index in [0.717, 1.165) is 18.7 Å². The van der Waals surface area contributed by atoms with Crippen molar-refractivity contribution in [2.24, 2.45) is 11.8 Å². The summed E-state index contributed by atoms with van der Waals surface area (Å²) in [6.07, 6.45) is 8.54. The molecule has 1 aliphatic carbocycles. The summed E-state index contributed by atoms with van der Waals surface area (Å²) in [4.78, 5) is 0. The highest BCUT2D eigenvalue weighted by molar-refractivity contribution is 6.17. The summed E-state index contributed by atoms with van der Waals surface area (Å²) in [6, 6.07) is 2.43. The highest BCUT2D eigenvalue weighted by Crippen LogP contribution is 2.34. The molecule has 0 saturated heterocycles. The molecule has 0 N–H and O–H groups in total. The lowest BCUT2D eigenvalue weighted by atomic mass is 9.92. The Labute approximate surface area is 86.1 Å². The van der Waals surface area contributed by atoms with Gasteiger partial charge in [0, 0.05) is 11.8 Å². The zero-order valence-electron chi connectivity index (χ0n) is 8.14. The molecule has 0 aliphatic heterocycles. The minimum Gasteiger partial charge on any atom is -0.198 e. The number of nitriles is 1. The van der Waals surface area contributed by atoms with E-state index in [4.69, 9.17) is 16.9 Å². The molecule has 0 spiro atoms. The number of hydrogen-bond donors (Lipinski definition) is 0. The van der Waals surface area contributed by atoms with Gasteiger partial charge < -0.3 is 0 Å². The number of halogens is 1. The number of hydrogen-bond acceptors (Lipinski definition) is 1. The van der Waals surface area contributed by atoms with E-state index in [9.17, 15) is 0 Å². The maximum absolute atomic E-state index is 8.87. The SMILES string of the molecule is N#CC1CCCC1CCCCCCl. The van der Waals surface area contributed by atoms with Crippen LogP contribution in [0.2, 0.25) is 0 Å². The van der Waals surface area contributed by atoms with Crippen LogP contribution < -0.4 is 0 Å². The van der Waals surface area contributed by atoms with Crippen molar-refractivity contribution in [3.63, 3.8) is 0 Å². The normalized spacial score (nSPS) is 27.4. The summed E-state index contributed by atoms with van der Waals surface area (Å²) in [5.41, 5.74) is 0. The zero-order valence-corrected chi connectivity index (χ0v) is 8.89. The molecule has 1 rings (SSSR count). The average Bonchev–Trinajstić information content (AvgIpc) is 2.60. The van der Waals surface area contributed by atoms with Gasteiger partial charge in [0.05, 0.1) is 6.07 Å². The van der Waals surface area contributed by atoms with E-state index in [1.54, 1.807) is 0 Å². The second-order valence-corrected chi connectivity index (χ2v) is 4.34. The first kappa shape index (κ1) is 10.9. The first-order chi connectivity index (χ1) is 6.38. The lowest BCUT2D eigenvalue weighted by Crippen LogP contribution is -2.05. The van der Waals surface area contributed by atoms with Crippen LogP contribution in [0.1, 0.15) is 44.9 Å². The lowest BCUT2D eigenvalue weighted by molar-refractivity contribution is 0.413. The molecule has 0 radical (unpaired) electrons. The maximum atomic E-state index is 8.87.